The van der Waals surface area contributed by atoms with Crippen LogP contribution >= 0.6 is 24.8 Å². The van der Waals surface area contributed by atoms with E-state index >= 15 is 0 Å². The second-order valence-electron chi connectivity index (χ2n) is 7.29. The number of hydrogen-bond acceptors (Lipinski definition) is 5. The number of halogens is 2. The zero-order chi connectivity index (χ0) is 20.6. The molecule has 0 spiro atoms. The van der Waals surface area contributed by atoms with Gasteiger partial charge in [0.15, 0.2) is 0 Å². The van der Waals surface area contributed by atoms with Crippen LogP contribution < -0.4 is 15.8 Å². The lowest BCUT2D eigenvalue weighted by molar-refractivity contribution is -0.126. The van der Waals surface area contributed by atoms with Crippen molar-refractivity contribution in [3.05, 3.63) is 59.4 Å². The molecule has 2 amide bonds. The Labute approximate surface area is 195 Å². The van der Waals surface area contributed by atoms with Gasteiger partial charge in [-0.2, -0.15) is 0 Å². The van der Waals surface area contributed by atoms with Gasteiger partial charge in [0.1, 0.15) is 12.4 Å². The highest BCUT2D eigenvalue weighted by Gasteiger charge is 2.28. The number of hydrogen-bond donors (Lipinski definition) is 2. The molecule has 7 nitrogen and oxygen atoms in total. The fourth-order valence-electron chi connectivity index (χ4n) is 3.40. The molecular formula is C22H30Cl2N4O3. The molecule has 1 atom stereocenters. The Morgan fingerprint density at radius 1 is 1.26 bits per heavy atom. The smallest absolute Gasteiger partial charge is 0.253 e. The van der Waals surface area contributed by atoms with Gasteiger partial charge in [0.05, 0.1) is 12.1 Å². The fraction of sp³-hybridized carbons (Fsp3) is 0.409. The fourth-order valence-corrected chi connectivity index (χ4v) is 3.40. The number of aromatic nitrogens is 1. The van der Waals surface area contributed by atoms with Gasteiger partial charge in [0, 0.05) is 37.4 Å². The zero-order valence-electron chi connectivity index (χ0n) is 17.6. The maximum atomic E-state index is 13.0. The molecule has 170 valence electrons. The van der Waals surface area contributed by atoms with Gasteiger partial charge in [-0.25, -0.2) is 0 Å². The summed E-state index contributed by atoms with van der Waals surface area (Å²) in [5.41, 5.74) is 7.89. The Hall–Kier alpha value is -2.35. The third kappa shape index (κ3) is 7.69. The number of nitrogens with zero attached hydrogens (tertiary/aromatic N) is 2. The van der Waals surface area contributed by atoms with Gasteiger partial charge in [-0.1, -0.05) is 12.1 Å². The molecule has 2 heterocycles. The summed E-state index contributed by atoms with van der Waals surface area (Å²) in [6, 6.07) is 11.2. The van der Waals surface area contributed by atoms with Crippen LogP contribution in [-0.2, 0) is 11.4 Å². The van der Waals surface area contributed by atoms with Gasteiger partial charge in [-0.15, -0.1) is 24.8 Å². The Balaban J connectivity index is 0.00000240. The van der Waals surface area contributed by atoms with E-state index in [4.69, 9.17) is 10.5 Å². The monoisotopic (exact) mass is 468 g/mol. The molecule has 9 heteroatoms. The van der Waals surface area contributed by atoms with Crippen molar-refractivity contribution in [1.29, 1.82) is 0 Å². The largest absolute Gasteiger partial charge is 0.487 e. The van der Waals surface area contributed by atoms with Crippen molar-refractivity contribution in [3.8, 4) is 5.75 Å². The van der Waals surface area contributed by atoms with Crippen molar-refractivity contribution < 1.29 is 14.3 Å². The summed E-state index contributed by atoms with van der Waals surface area (Å²) in [6.45, 7) is 4.25. The lowest BCUT2D eigenvalue weighted by Gasteiger charge is -2.32. The number of likely N-dealkylation sites (tertiary alicyclic amines) is 1. The second-order valence-corrected chi connectivity index (χ2v) is 7.29. The Morgan fingerprint density at radius 2 is 2.06 bits per heavy atom. The van der Waals surface area contributed by atoms with Crippen LogP contribution in [0, 0.1) is 12.8 Å². The van der Waals surface area contributed by atoms with Crippen LogP contribution in [0.1, 0.15) is 34.5 Å². The predicted molar refractivity (Wildman–Crippen MR) is 125 cm³/mol. The first-order chi connectivity index (χ1) is 14.1. The number of piperidine rings is 1. The van der Waals surface area contributed by atoms with Crippen LogP contribution in [0.4, 0.5) is 0 Å². The number of nitrogens with one attached hydrogen (secondary N) is 1. The Morgan fingerprint density at radius 3 is 2.77 bits per heavy atom. The minimum atomic E-state index is -0.181. The number of amides is 2. The zero-order valence-corrected chi connectivity index (χ0v) is 19.2. The maximum Gasteiger partial charge on any atom is 0.253 e. The molecular weight excluding hydrogens is 439 g/mol. The van der Waals surface area contributed by atoms with E-state index in [1.807, 2.05) is 37.3 Å². The van der Waals surface area contributed by atoms with E-state index in [1.165, 1.54) is 0 Å². The molecule has 2 aromatic rings. The van der Waals surface area contributed by atoms with Crippen LogP contribution in [0.25, 0.3) is 0 Å². The van der Waals surface area contributed by atoms with Crippen LogP contribution in [0.3, 0.4) is 0 Å². The summed E-state index contributed by atoms with van der Waals surface area (Å²) in [6.07, 6.45) is 3.29. The highest BCUT2D eigenvalue weighted by Crippen LogP contribution is 2.20. The number of nitrogens with two attached hydrogens (primary N) is 1. The molecule has 1 aromatic heterocycles. The number of ether oxygens (including phenoxy) is 1. The van der Waals surface area contributed by atoms with Crippen molar-refractivity contribution >= 4 is 36.6 Å². The van der Waals surface area contributed by atoms with Gasteiger partial charge in [0.2, 0.25) is 5.91 Å². The summed E-state index contributed by atoms with van der Waals surface area (Å²) in [4.78, 5) is 31.2. The number of carbonyl (C=O) groups excluding carboxylic acids is 2. The molecule has 3 N–H and O–H groups in total. The van der Waals surface area contributed by atoms with Crippen LogP contribution in [0.15, 0.2) is 42.6 Å². The molecule has 0 aliphatic carbocycles. The van der Waals surface area contributed by atoms with Gasteiger partial charge < -0.3 is 20.7 Å². The van der Waals surface area contributed by atoms with Gasteiger partial charge >= 0.3 is 0 Å². The third-order valence-corrected chi connectivity index (χ3v) is 4.99. The summed E-state index contributed by atoms with van der Waals surface area (Å²) in [7, 11) is 0. The van der Waals surface area contributed by atoms with E-state index in [0.717, 1.165) is 24.1 Å². The summed E-state index contributed by atoms with van der Waals surface area (Å²) >= 11 is 0. The average molecular weight is 469 g/mol. The Bertz CT molecular complexity index is 849. The summed E-state index contributed by atoms with van der Waals surface area (Å²) < 4.78 is 5.76. The average Bonchev–Trinajstić information content (AvgIpc) is 2.77. The van der Waals surface area contributed by atoms with Crippen LogP contribution in [0.5, 0.6) is 5.75 Å². The van der Waals surface area contributed by atoms with E-state index in [1.54, 1.807) is 17.2 Å². The molecule has 0 bridgehead atoms. The molecule has 1 saturated heterocycles. The minimum Gasteiger partial charge on any atom is -0.487 e. The first kappa shape index (κ1) is 26.7. The standard InChI is InChI=1S/C22H28N4O3.2ClH/c1-16-7-8-20(13-25-16)29-15-17-4-2-5-18(12-17)22(28)26-11-3-6-19(14-26)21(27)24-10-9-23;;/h2,4-5,7-8,12-13,19H,3,6,9-11,14-15,23H2,1H3,(H,24,27);2*1H. The molecule has 1 aliphatic heterocycles. The van der Waals surface area contributed by atoms with E-state index < -0.39 is 0 Å². The molecule has 0 radical (unpaired) electrons. The number of pyridine rings is 1. The van der Waals surface area contributed by atoms with Crippen LogP contribution in [-0.4, -0.2) is 47.9 Å². The SMILES string of the molecule is Cc1ccc(OCc2cccc(C(=O)N3CCCC(C(=O)NCCN)C3)c2)cn1.Cl.Cl. The van der Waals surface area contributed by atoms with E-state index in [9.17, 15) is 9.59 Å². The molecule has 1 aliphatic rings. The molecule has 1 unspecified atom stereocenters. The van der Waals surface area contributed by atoms with Gasteiger partial charge in [-0.3, -0.25) is 14.6 Å². The number of rotatable bonds is 7. The highest BCUT2D eigenvalue weighted by atomic mass is 35.5. The van der Waals surface area contributed by atoms with Crippen molar-refractivity contribution in [3.63, 3.8) is 0 Å². The second kappa shape index (κ2) is 13.1. The minimum absolute atomic E-state index is 0. The molecule has 1 fully saturated rings. The number of carbonyl (C=O) groups is 2. The number of aryl methyl sites for hydroxylation is 1. The summed E-state index contributed by atoms with van der Waals surface area (Å²) in [5, 5.41) is 2.82. The van der Waals surface area contributed by atoms with Crippen LogP contribution in [0.2, 0.25) is 0 Å². The normalized spacial score (nSPS) is 15.3. The molecule has 3 rings (SSSR count). The van der Waals surface area contributed by atoms with E-state index in [-0.39, 0.29) is 42.5 Å². The van der Waals surface area contributed by atoms with E-state index in [2.05, 4.69) is 10.3 Å². The van der Waals surface area contributed by atoms with Crippen molar-refractivity contribution in [2.75, 3.05) is 26.2 Å². The lowest BCUT2D eigenvalue weighted by atomic mass is 9.96. The van der Waals surface area contributed by atoms with E-state index in [0.29, 0.717) is 44.1 Å². The first-order valence-electron chi connectivity index (χ1n) is 9.98. The first-order valence-corrected chi connectivity index (χ1v) is 9.98. The predicted octanol–water partition coefficient (Wildman–Crippen LogP) is 2.74. The molecule has 0 saturated carbocycles. The molecule has 1 aromatic carbocycles. The van der Waals surface area contributed by atoms with Gasteiger partial charge in [0.25, 0.3) is 5.91 Å². The Kier molecular flexibility index (Phi) is 11.3. The summed E-state index contributed by atoms with van der Waals surface area (Å²) in [5.74, 6) is 0.427. The quantitative estimate of drug-likeness (QED) is 0.650. The van der Waals surface area contributed by atoms with Crippen molar-refractivity contribution in [2.24, 2.45) is 11.7 Å². The third-order valence-electron chi connectivity index (χ3n) is 4.99. The highest BCUT2D eigenvalue weighted by molar-refractivity contribution is 5.95. The maximum absolute atomic E-state index is 13.0. The number of benzene rings is 1. The van der Waals surface area contributed by atoms with Crippen molar-refractivity contribution in [1.82, 2.24) is 15.2 Å². The lowest BCUT2D eigenvalue weighted by Crippen LogP contribution is -2.46. The topological polar surface area (TPSA) is 97.5 Å². The molecule has 31 heavy (non-hydrogen) atoms. The van der Waals surface area contributed by atoms with Crippen molar-refractivity contribution in [2.45, 2.75) is 26.4 Å². The van der Waals surface area contributed by atoms with Gasteiger partial charge in [-0.05, 0) is 49.6 Å².